The minimum Gasteiger partial charge on any atom is -0.462 e. The minimum atomic E-state index is -4.96. The Balaban J connectivity index is 5.22. The molecule has 19 heteroatoms. The third-order valence-corrected chi connectivity index (χ3v) is 17.8. The SMILES string of the molecule is CCCCCC/C=C\C=C/CCCCCCCC(=O)OC[C@H](COP(=O)(O)OC[C@@H](O)COP(=O)(O)OC[C@@H](COC(=O)CCCCCCCCC)OC(=O)CCCCCCCCCCCC)OC(=O)CCCCCCCCCCCCCCCCCC(C)C. The lowest BCUT2D eigenvalue weighted by Gasteiger charge is -2.21. The molecule has 17 nitrogen and oxygen atoms in total. The molecule has 0 rings (SSSR count). The fraction of sp³-hybridized carbons (Fsp3) is 0.887. The van der Waals surface area contributed by atoms with E-state index in [1.54, 1.807) is 0 Å². The van der Waals surface area contributed by atoms with E-state index >= 15 is 0 Å². The van der Waals surface area contributed by atoms with Gasteiger partial charge in [-0.1, -0.05) is 290 Å². The highest BCUT2D eigenvalue weighted by atomic mass is 31.2. The van der Waals surface area contributed by atoms with Crippen molar-refractivity contribution < 1.29 is 80.2 Å². The van der Waals surface area contributed by atoms with Crippen molar-refractivity contribution in [1.82, 2.24) is 0 Å². The van der Waals surface area contributed by atoms with E-state index in [4.69, 9.17) is 37.0 Å². The number of phosphoric acid groups is 2. The summed E-state index contributed by atoms with van der Waals surface area (Å²) in [4.78, 5) is 72.4. The van der Waals surface area contributed by atoms with Gasteiger partial charge in [0.05, 0.1) is 26.4 Å². The summed E-state index contributed by atoms with van der Waals surface area (Å²) in [6, 6.07) is 0. The first-order valence-electron chi connectivity index (χ1n) is 36.5. The number of allylic oxidation sites excluding steroid dienone is 4. The average molecular weight is 1320 g/mol. The molecule has 0 aliphatic carbocycles. The van der Waals surface area contributed by atoms with Gasteiger partial charge in [0.15, 0.2) is 12.2 Å². The number of carbonyl (C=O) groups excluding carboxylic acids is 4. The molecule has 0 aliphatic rings. The van der Waals surface area contributed by atoms with E-state index in [0.717, 1.165) is 128 Å². The van der Waals surface area contributed by atoms with Gasteiger partial charge in [-0.25, -0.2) is 9.13 Å². The van der Waals surface area contributed by atoms with Crippen molar-refractivity contribution in [1.29, 1.82) is 0 Å². The number of unbranched alkanes of at least 4 members (excludes halogenated alkanes) is 38. The normalized spacial score (nSPS) is 14.2. The first-order valence-corrected chi connectivity index (χ1v) is 39.4. The molecule has 90 heavy (non-hydrogen) atoms. The smallest absolute Gasteiger partial charge is 0.462 e. The molecule has 0 aromatic rings. The zero-order valence-electron chi connectivity index (χ0n) is 57.8. The molecular formula is C71H134O17P2. The van der Waals surface area contributed by atoms with Gasteiger partial charge in [-0.2, -0.15) is 0 Å². The zero-order valence-corrected chi connectivity index (χ0v) is 59.5. The predicted octanol–water partition coefficient (Wildman–Crippen LogP) is 20.1. The molecule has 5 atom stereocenters. The van der Waals surface area contributed by atoms with E-state index in [0.29, 0.717) is 25.7 Å². The Morgan fingerprint density at radius 1 is 0.344 bits per heavy atom. The zero-order chi connectivity index (χ0) is 66.3. The highest BCUT2D eigenvalue weighted by Gasteiger charge is 2.30. The summed E-state index contributed by atoms with van der Waals surface area (Å²) in [7, 11) is -9.90. The van der Waals surface area contributed by atoms with Crippen LogP contribution in [0.25, 0.3) is 0 Å². The summed E-state index contributed by atoms with van der Waals surface area (Å²) < 4.78 is 68.1. The molecule has 530 valence electrons. The van der Waals surface area contributed by atoms with Gasteiger partial charge in [-0.05, 0) is 57.3 Å². The van der Waals surface area contributed by atoms with Crippen molar-refractivity contribution in [3.05, 3.63) is 24.3 Å². The molecule has 0 bridgehead atoms. The topological polar surface area (TPSA) is 237 Å². The number of phosphoric ester groups is 2. The van der Waals surface area contributed by atoms with E-state index in [1.807, 2.05) is 0 Å². The summed E-state index contributed by atoms with van der Waals surface area (Å²) in [5.41, 5.74) is 0. The summed E-state index contributed by atoms with van der Waals surface area (Å²) in [5, 5.41) is 10.6. The summed E-state index contributed by atoms with van der Waals surface area (Å²) in [5.74, 6) is -1.36. The fourth-order valence-corrected chi connectivity index (χ4v) is 11.9. The molecule has 0 saturated carbocycles. The number of hydrogen-bond acceptors (Lipinski definition) is 15. The lowest BCUT2D eigenvalue weighted by Crippen LogP contribution is -2.30. The second-order valence-electron chi connectivity index (χ2n) is 25.4. The third kappa shape index (κ3) is 64.3. The molecule has 0 saturated heterocycles. The maximum absolute atomic E-state index is 13.0. The number of aliphatic hydroxyl groups excluding tert-OH is 1. The maximum Gasteiger partial charge on any atom is 0.472 e. The molecule has 0 heterocycles. The molecule has 0 aromatic heterocycles. The van der Waals surface area contributed by atoms with Gasteiger partial charge in [0, 0.05) is 25.7 Å². The lowest BCUT2D eigenvalue weighted by atomic mass is 10.0. The number of carbonyl (C=O) groups is 4. The van der Waals surface area contributed by atoms with Crippen LogP contribution < -0.4 is 0 Å². The Morgan fingerprint density at radius 2 is 0.600 bits per heavy atom. The Bertz CT molecular complexity index is 1830. The van der Waals surface area contributed by atoms with E-state index < -0.39 is 97.5 Å². The molecule has 0 aromatic carbocycles. The highest BCUT2D eigenvalue weighted by molar-refractivity contribution is 7.47. The van der Waals surface area contributed by atoms with Crippen molar-refractivity contribution in [3.63, 3.8) is 0 Å². The van der Waals surface area contributed by atoms with Crippen LogP contribution in [0.2, 0.25) is 0 Å². The van der Waals surface area contributed by atoms with Gasteiger partial charge in [-0.3, -0.25) is 37.3 Å². The molecule has 0 radical (unpaired) electrons. The van der Waals surface area contributed by atoms with Crippen LogP contribution in [-0.2, 0) is 65.4 Å². The second kappa shape index (κ2) is 63.9. The second-order valence-corrected chi connectivity index (χ2v) is 28.3. The van der Waals surface area contributed by atoms with Gasteiger partial charge in [-0.15, -0.1) is 0 Å². The standard InChI is InChI=1S/C71H134O17P2/c1-6-9-12-15-18-20-22-23-25-29-32-36-40-45-50-55-69(74)82-61-67(88-71(76)57-52-47-42-37-33-30-27-24-26-28-31-34-39-43-48-53-64(4)5)63-86-90(79,80)84-59-65(72)58-83-89(77,78)85-62-66(60-81-68(73)54-49-44-38-17-14-11-8-3)87-70(75)56-51-46-41-35-21-19-16-13-10-7-2/h20,22-23,25,64-67,72H,6-19,21,24,26-63H2,1-5H3,(H,77,78)(H,79,80)/b22-20-,25-23-/t65-,66+,67+/m0/s1. The monoisotopic (exact) mass is 1320 g/mol. The summed E-state index contributed by atoms with van der Waals surface area (Å²) >= 11 is 0. The molecular weight excluding hydrogens is 1190 g/mol. The van der Waals surface area contributed by atoms with Crippen molar-refractivity contribution in [3.8, 4) is 0 Å². The molecule has 0 aliphatic heterocycles. The first-order chi connectivity index (χ1) is 43.5. The van der Waals surface area contributed by atoms with Crippen LogP contribution in [0.4, 0.5) is 0 Å². The van der Waals surface area contributed by atoms with Crippen molar-refractivity contribution >= 4 is 39.5 Å². The number of aliphatic hydroxyl groups is 1. The molecule has 0 fully saturated rings. The Labute approximate surface area is 548 Å². The number of ether oxygens (including phenoxy) is 4. The van der Waals surface area contributed by atoms with E-state index in [-0.39, 0.29) is 25.7 Å². The Morgan fingerprint density at radius 3 is 0.911 bits per heavy atom. The highest BCUT2D eigenvalue weighted by Crippen LogP contribution is 2.45. The van der Waals surface area contributed by atoms with Gasteiger partial charge in [0.1, 0.15) is 19.3 Å². The van der Waals surface area contributed by atoms with Gasteiger partial charge < -0.3 is 33.8 Å². The fourth-order valence-electron chi connectivity index (χ4n) is 10.3. The molecule has 3 N–H and O–H groups in total. The van der Waals surface area contributed by atoms with Crippen molar-refractivity contribution in [2.45, 2.75) is 361 Å². The minimum absolute atomic E-state index is 0.101. The van der Waals surface area contributed by atoms with Crippen molar-refractivity contribution in [2.75, 3.05) is 39.6 Å². The van der Waals surface area contributed by atoms with Crippen LogP contribution in [0.5, 0.6) is 0 Å². The van der Waals surface area contributed by atoms with E-state index in [2.05, 4.69) is 58.9 Å². The number of rotatable bonds is 69. The van der Waals surface area contributed by atoms with Crippen LogP contribution in [-0.4, -0.2) is 96.7 Å². The summed E-state index contributed by atoms with van der Waals surface area (Å²) in [6.45, 7) is 7.16. The Kier molecular flexibility index (Phi) is 62.2. The lowest BCUT2D eigenvalue weighted by molar-refractivity contribution is -0.161. The van der Waals surface area contributed by atoms with Gasteiger partial charge in [0.25, 0.3) is 0 Å². The van der Waals surface area contributed by atoms with Crippen LogP contribution in [0.15, 0.2) is 24.3 Å². The quantitative estimate of drug-likeness (QED) is 0.0169. The van der Waals surface area contributed by atoms with Crippen molar-refractivity contribution in [2.24, 2.45) is 5.92 Å². The average Bonchev–Trinajstić information content (AvgIpc) is 3.73. The first kappa shape index (κ1) is 87.5. The molecule has 0 amide bonds. The molecule has 0 spiro atoms. The van der Waals surface area contributed by atoms with Crippen LogP contribution in [0, 0.1) is 5.92 Å². The number of esters is 4. The third-order valence-electron chi connectivity index (χ3n) is 15.9. The Hall–Kier alpha value is -2.46. The predicted molar refractivity (Wildman–Crippen MR) is 363 cm³/mol. The van der Waals surface area contributed by atoms with E-state index in [1.165, 1.54) is 135 Å². The van der Waals surface area contributed by atoms with Crippen LogP contribution in [0.3, 0.4) is 0 Å². The maximum atomic E-state index is 13.0. The summed E-state index contributed by atoms with van der Waals surface area (Å²) in [6.07, 6.45) is 53.6. The molecule has 2 unspecified atom stereocenters. The van der Waals surface area contributed by atoms with Gasteiger partial charge in [0.2, 0.25) is 0 Å². The van der Waals surface area contributed by atoms with Gasteiger partial charge >= 0.3 is 39.5 Å². The largest absolute Gasteiger partial charge is 0.472 e. The number of hydrogen-bond donors (Lipinski definition) is 3. The van der Waals surface area contributed by atoms with Crippen LogP contribution in [0.1, 0.15) is 343 Å². The van der Waals surface area contributed by atoms with E-state index in [9.17, 15) is 43.2 Å². The van der Waals surface area contributed by atoms with Crippen LogP contribution >= 0.6 is 15.6 Å².